The maximum Gasteiger partial charge on any atom is 0.253 e. The van der Waals surface area contributed by atoms with Crippen LogP contribution in [0.2, 0.25) is 5.02 Å². The highest BCUT2D eigenvalue weighted by molar-refractivity contribution is 6.31. The fourth-order valence-corrected chi connectivity index (χ4v) is 2.51. The highest BCUT2D eigenvalue weighted by Crippen LogP contribution is 2.27. The van der Waals surface area contributed by atoms with Crippen molar-refractivity contribution in [1.82, 2.24) is 20.2 Å². The first-order chi connectivity index (χ1) is 15.1. The van der Waals surface area contributed by atoms with Crippen LogP contribution in [-0.2, 0) is 6.54 Å². The Morgan fingerprint density at radius 3 is 2.70 bits per heavy atom. The zero-order valence-electron chi connectivity index (χ0n) is 20.4. The Morgan fingerprint density at radius 2 is 2.07 bits per heavy atom. The lowest BCUT2D eigenvalue weighted by Gasteiger charge is -2.36. The number of carbonyl (C=O) groups excluding carboxylic acids is 1. The van der Waals surface area contributed by atoms with E-state index in [4.69, 9.17) is 19.8 Å². The van der Waals surface area contributed by atoms with Gasteiger partial charge in [0.25, 0.3) is 5.91 Å². The van der Waals surface area contributed by atoms with Gasteiger partial charge in [-0.3, -0.25) is 4.79 Å². The van der Waals surface area contributed by atoms with Crippen LogP contribution in [0.3, 0.4) is 0 Å². The van der Waals surface area contributed by atoms with Crippen molar-refractivity contribution in [3.8, 4) is 0 Å². The van der Waals surface area contributed by atoms with Gasteiger partial charge in [-0.25, -0.2) is 18.7 Å². The molecule has 5 nitrogen and oxygen atoms in total. The average Bonchev–Trinajstić information content (AvgIpc) is 2.72. The number of carbonyl (C=O) groups is 1. The van der Waals surface area contributed by atoms with Gasteiger partial charge in [-0.1, -0.05) is 11.6 Å². The van der Waals surface area contributed by atoms with Crippen LogP contribution in [0, 0.1) is 12.7 Å². The van der Waals surface area contributed by atoms with E-state index in [9.17, 15) is 9.18 Å². The predicted molar refractivity (Wildman–Crippen MR) is 98.9 cm³/mol. The number of amides is 1. The molecule has 27 heavy (non-hydrogen) atoms. The van der Waals surface area contributed by atoms with Crippen molar-refractivity contribution in [3.05, 3.63) is 58.4 Å². The van der Waals surface area contributed by atoms with E-state index in [1.165, 1.54) is 12.4 Å². The van der Waals surface area contributed by atoms with Gasteiger partial charge in [0.1, 0.15) is 17.3 Å². The molecule has 0 aliphatic carbocycles. The molecule has 1 aromatic carbocycles. The molecule has 3 rings (SSSR count). The summed E-state index contributed by atoms with van der Waals surface area (Å²) in [6.45, 7) is -3.74. The first-order valence-electron chi connectivity index (χ1n) is 11.1. The van der Waals surface area contributed by atoms with Crippen LogP contribution in [-0.4, -0.2) is 46.0 Å². The Morgan fingerprint density at radius 1 is 1.41 bits per heavy atom. The first-order valence-corrected chi connectivity index (χ1v) is 8.45. The summed E-state index contributed by atoms with van der Waals surface area (Å²) in [6, 6.07) is 3.02. The minimum Gasteiger partial charge on any atom is -0.338 e. The monoisotopic (exact) mass is 400 g/mol. The molecule has 0 spiro atoms. The zero-order chi connectivity index (χ0) is 24.8. The molecule has 1 fully saturated rings. The normalized spacial score (nSPS) is 23.9. The van der Waals surface area contributed by atoms with Gasteiger partial charge in [-0.2, -0.15) is 0 Å². The van der Waals surface area contributed by atoms with Gasteiger partial charge in [0.05, 0.1) is 11.6 Å². The van der Waals surface area contributed by atoms with Gasteiger partial charge in [0.2, 0.25) is 0 Å². The molecule has 0 saturated carbocycles. The third kappa shape index (κ3) is 4.99. The minimum atomic E-state index is -3.70. The fourth-order valence-electron chi connectivity index (χ4n) is 2.33. The van der Waals surface area contributed by atoms with Gasteiger partial charge < -0.3 is 10.2 Å². The van der Waals surface area contributed by atoms with E-state index in [0.29, 0.717) is 0 Å². The van der Waals surface area contributed by atoms with Crippen LogP contribution < -0.4 is 5.32 Å². The summed E-state index contributed by atoms with van der Waals surface area (Å²) in [7, 11) is 0. The Kier molecular flexibility index (Phi) is 4.02. The fraction of sp³-hybridized carbons (Fsp3) is 0.421. The Labute approximate surface area is 170 Å². The number of halogens is 3. The number of piperidine rings is 1. The van der Waals surface area contributed by atoms with Crippen molar-refractivity contribution in [1.29, 1.82) is 0 Å². The third-order valence-electron chi connectivity index (χ3n) is 3.82. The van der Waals surface area contributed by atoms with Gasteiger partial charge >= 0.3 is 0 Å². The second-order valence-corrected chi connectivity index (χ2v) is 6.36. The molecule has 2 heterocycles. The number of alkyl halides is 1. The maximum atomic E-state index is 16.2. The second kappa shape index (κ2) is 8.27. The Bertz CT molecular complexity index is 1040. The summed E-state index contributed by atoms with van der Waals surface area (Å²) in [5, 5.41) is 1.84. The van der Waals surface area contributed by atoms with Crippen molar-refractivity contribution >= 4 is 17.5 Å². The van der Waals surface area contributed by atoms with Crippen molar-refractivity contribution in [2.45, 2.75) is 31.9 Å². The highest BCUT2D eigenvalue weighted by Gasteiger charge is 2.36. The number of likely N-dealkylation sites (tertiary alicyclic amines) is 1. The van der Waals surface area contributed by atoms with E-state index in [-0.39, 0.29) is 23.0 Å². The number of nitrogens with zero attached hydrogens (tertiary/aromatic N) is 3. The van der Waals surface area contributed by atoms with Gasteiger partial charge in [0, 0.05) is 58.5 Å². The van der Waals surface area contributed by atoms with Crippen molar-refractivity contribution in [2.75, 3.05) is 19.6 Å². The van der Waals surface area contributed by atoms with Crippen molar-refractivity contribution < 1.29 is 21.8 Å². The summed E-state index contributed by atoms with van der Waals surface area (Å²) < 4.78 is 78.9. The van der Waals surface area contributed by atoms with E-state index < -0.39 is 49.7 Å². The van der Waals surface area contributed by atoms with Crippen LogP contribution in [0.1, 0.15) is 42.7 Å². The van der Waals surface area contributed by atoms with Crippen LogP contribution in [0.15, 0.2) is 30.6 Å². The SMILES string of the molecule is [2H]C1([2H])CN(C(=O)c2ccc(F)c(Cl)c2)CC([2H])([2H])C1(F)C([2H])([2H])NCc1ncc(C)cn1. The van der Waals surface area contributed by atoms with E-state index in [0.717, 1.165) is 28.7 Å². The lowest BCUT2D eigenvalue weighted by molar-refractivity contribution is 0.0434. The zero-order valence-corrected chi connectivity index (χ0v) is 15.1. The molecule has 8 heteroatoms. The van der Waals surface area contributed by atoms with E-state index in [1.54, 1.807) is 6.92 Å². The molecule has 1 N–H and O–H groups in total. The minimum absolute atomic E-state index is 0.106. The quantitative estimate of drug-likeness (QED) is 0.836. The van der Waals surface area contributed by atoms with Crippen LogP contribution in [0.5, 0.6) is 0 Å². The van der Waals surface area contributed by atoms with E-state index in [1.807, 2.05) is 0 Å². The smallest absolute Gasteiger partial charge is 0.253 e. The molecular formula is C19H21ClF2N4O. The number of aryl methyl sites for hydroxylation is 1. The molecule has 0 radical (unpaired) electrons. The van der Waals surface area contributed by atoms with Gasteiger partial charge in [-0.05, 0) is 30.7 Å². The number of rotatable bonds is 5. The molecule has 144 valence electrons. The molecule has 1 aromatic heterocycles. The molecule has 0 unspecified atom stereocenters. The molecule has 1 amide bonds. The summed E-state index contributed by atoms with van der Waals surface area (Å²) in [5.74, 6) is -1.57. The number of nitrogens with one attached hydrogen (secondary N) is 1. The summed E-state index contributed by atoms with van der Waals surface area (Å²) in [6.07, 6.45) is -3.37. The number of aromatic nitrogens is 2. The summed E-state index contributed by atoms with van der Waals surface area (Å²) in [4.78, 5) is 21.5. The van der Waals surface area contributed by atoms with Crippen LogP contribution in [0.4, 0.5) is 8.78 Å². The number of benzene rings is 1. The average molecular weight is 401 g/mol. The lowest BCUT2D eigenvalue weighted by atomic mass is 9.92. The van der Waals surface area contributed by atoms with Gasteiger partial charge in [0.15, 0.2) is 0 Å². The summed E-state index contributed by atoms with van der Waals surface area (Å²) >= 11 is 5.69. The maximum absolute atomic E-state index is 16.2. The van der Waals surface area contributed by atoms with Crippen molar-refractivity contribution in [3.63, 3.8) is 0 Å². The number of hydrogen-bond acceptors (Lipinski definition) is 4. The Hall–Kier alpha value is -2.12. The topological polar surface area (TPSA) is 58.1 Å². The molecule has 1 saturated heterocycles. The van der Waals surface area contributed by atoms with E-state index in [2.05, 4.69) is 15.3 Å². The lowest BCUT2D eigenvalue weighted by Crippen LogP contribution is -2.48. The van der Waals surface area contributed by atoms with E-state index >= 15 is 4.39 Å². The first kappa shape index (κ1) is 13.1. The third-order valence-corrected chi connectivity index (χ3v) is 4.11. The number of hydrogen-bond donors (Lipinski definition) is 1. The highest BCUT2D eigenvalue weighted by atomic mass is 35.5. The van der Waals surface area contributed by atoms with Gasteiger partial charge in [-0.15, -0.1) is 0 Å². The Balaban J connectivity index is 1.87. The molecule has 0 atom stereocenters. The molecule has 1 aliphatic heterocycles. The molecule has 1 aliphatic rings. The van der Waals surface area contributed by atoms with Crippen LogP contribution in [0.25, 0.3) is 0 Å². The molecule has 0 bridgehead atoms. The summed E-state index contributed by atoms with van der Waals surface area (Å²) in [5.41, 5.74) is -3.09. The second-order valence-electron chi connectivity index (χ2n) is 5.96. The standard InChI is InChI=1S/C19H21ClF2N4O/c1-13-9-24-17(25-10-13)11-23-12-19(22)4-6-26(7-5-19)18(27)14-2-3-16(21)15(20)8-14/h2-3,8-10,23H,4-7,11-12H2,1H3/i4D2,5D2,12D2. The molecule has 2 aromatic rings. The van der Waals surface area contributed by atoms with Crippen molar-refractivity contribution in [2.24, 2.45) is 0 Å². The largest absolute Gasteiger partial charge is 0.338 e. The predicted octanol–water partition coefficient (Wildman–Crippen LogP) is 3.31. The van der Waals surface area contributed by atoms with Crippen LogP contribution >= 0.6 is 11.6 Å². The molecular weight excluding hydrogens is 374 g/mol.